The molecule has 0 aliphatic carbocycles. The third-order valence-corrected chi connectivity index (χ3v) is 5.22. The van der Waals surface area contributed by atoms with Gasteiger partial charge < -0.3 is 30.8 Å². The highest BCUT2D eigenvalue weighted by Gasteiger charge is 2.28. The molecule has 0 aliphatic rings. The van der Waals surface area contributed by atoms with Crippen LogP contribution in [0.5, 0.6) is 17.2 Å². The number of nitrogen functional groups attached to an aromatic ring is 2. The number of carbonyl (C=O) groups excluding carboxylic acids is 1. The maximum absolute atomic E-state index is 12.5. The van der Waals surface area contributed by atoms with E-state index >= 15 is 0 Å². The Bertz CT molecular complexity index is 1320. The number of carbonyl (C=O) groups is 2. The van der Waals surface area contributed by atoms with Crippen LogP contribution < -0.4 is 25.7 Å². The number of hydrogen-bond donors (Lipinski definition) is 3. The molecule has 0 heterocycles. The van der Waals surface area contributed by atoms with Crippen molar-refractivity contribution in [2.45, 2.75) is 19.0 Å². The van der Waals surface area contributed by atoms with Crippen molar-refractivity contribution in [3.05, 3.63) is 82.9 Å². The molecule has 0 fully saturated rings. The summed E-state index contributed by atoms with van der Waals surface area (Å²) in [6, 6.07) is 14.6. The third-order valence-electron chi connectivity index (χ3n) is 5.22. The van der Waals surface area contributed by atoms with E-state index in [0.717, 1.165) is 5.56 Å². The van der Waals surface area contributed by atoms with Crippen LogP contribution in [0, 0.1) is 0 Å². The van der Waals surface area contributed by atoms with Crippen LogP contribution in [0.3, 0.4) is 0 Å². The van der Waals surface area contributed by atoms with E-state index in [-0.39, 0.29) is 34.8 Å². The minimum Gasteiger partial charge on any atom is -0.493 e. The second-order valence-electron chi connectivity index (χ2n) is 8.21. The van der Waals surface area contributed by atoms with Gasteiger partial charge in [-0.1, -0.05) is 6.07 Å². The molecule has 3 rings (SSSR count). The number of alkyl halides is 3. The quantitative estimate of drug-likeness (QED) is 0.142. The lowest BCUT2D eigenvalue weighted by atomic mass is 10.0. The molecule has 0 aromatic heterocycles. The SMILES string of the molecule is COc1cc(/C=C(\CCc2cc(N)cc(N)c2)C(=O)O)ccc1OC(=O)c1ccc(OCC(F)(F)F)cc1. The van der Waals surface area contributed by atoms with Crippen LogP contribution in [0.1, 0.15) is 27.9 Å². The summed E-state index contributed by atoms with van der Waals surface area (Å²) in [6.07, 6.45) is -2.39. The number of nitrogens with two attached hydrogens (primary N) is 2. The molecule has 0 saturated heterocycles. The Labute approximate surface area is 216 Å². The average molecular weight is 530 g/mol. The van der Waals surface area contributed by atoms with Crippen LogP contribution in [-0.4, -0.2) is 36.9 Å². The van der Waals surface area contributed by atoms with E-state index in [1.165, 1.54) is 49.6 Å². The lowest BCUT2D eigenvalue weighted by Crippen LogP contribution is -2.19. The first-order valence-corrected chi connectivity index (χ1v) is 11.2. The fourth-order valence-electron chi connectivity index (χ4n) is 3.48. The molecular formula is C27H25F3N2O6. The molecule has 0 aliphatic heterocycles. The molecule has 11 heteroatoms. The number of hydrogen-bond acceptors (Lipinski definition) is 7. The van der Waals surface area contributed by atoms with Gasteiger partial charge in [0.15, 0.2) is 18.1 Å². The van der Waals surface area contributed by atoms with Crippen molar-refractivity contribution in [2.24, 2.45) is 0 Å². The van der Waals surface area contributed by atoms with Gasteiger partial charge in [0, 0.05) is 16.9 Å². The maximum atomic E-state index is 12.5. The minimum atomic E-state index is -4.48. The summed E-state index contributed by atoms with van der Waals surface area (Å²) in [6.45, 7) is -1.45. The number of aryl methyl sites for hydroxylation is 1. The van der Waals surface area contributed by atoms with Gasteiger partial charge in [-0.05, 0) is 84.6 Å². The minimum absolute atomic E-state index is 0.0546. The number of esters is 1. The summed E-state index contributed by atoms with van der Waals surface area (Å²) in [5, 5.41) is 9.66. The second-order valence-corrected chi connectivity index (χ2v) is 8.21. The van der Waals surface area contributed by atoms with E-state index in [9.17, 15) is 27.9 Å². The van der Waals surface area contributed by atoms with Crippen molar-refractivity contribution in [3.8, 4) is 17.2 Å². The Balaban J connectivity index is 1.71. The first-order valence-electron chi connectivity index (χ1n) is 11.2. The zero-order valence-electron chi connectivity index (χ0n) is 20.2. The second kappa shape index (κ2) is 12.0. The number of carboxylic acid groups (broad SMARTS) is 1. The predicted molar refractivity (Wildman–Crippen MR) is 135 cm³/mol. The maximum Gasteiger partial charge on any atom is 0.422 e. The van der Waals surface area contributed by atoms with Gasteiger partial charge in [-0.2, -0.15) is 13.2 Å². The van der Waals surface area contributed by atoms with Crippen LogP contribution in [0.2, 0.25) is 0 Å². The molecule has 0 spiro atoms. The van der Waals surface area contributed by atoms with Gasteiger partial charge in [0.05, 0.1) is 12.7 Å². The molecule has 0 amide bonds. The fraction of sp³-hybridized carbons (Fsp3) is 0.185. The highest BCUT2D eigenvalue weighted by Crippen LogP contribution is 2.30. The fourth-order valence-corrected chi connectivity index (χ4v) is 3.48. The number of ether oxygens (including phenoxy) is 3. The Morgan fingerprint density at radius 1 is 0.947 bits per heavy atom. The molecule has 5 N–H and O–H groups in total. The monoisotopic (exact) mass is 530 g/mol. The van der Waals surface area contributed by atoms with Crippen LogP contribution in [0.15, 0.2) is 66.2 Å². The van der Waals surface area contributed by atoms with Crippen LogP contribution in [-0.2, 0) is 11.2 Å². The Morgan fingerprint density at radius 3 is 2.18 bits per heavy atom. The lowest BCUT2D eigenvalue weighted by Gasteiger charge is -2.12. The number of benzene rings is 3. The topological polar surface area (TPSA) is 134 Å². The number of halogens is 3. The van der Waals surface area contributed by atoms with E-state index in [0.29, 0.717) is 23.4 Å². The zero-order valence-corrected chi connectivity index (χ0v) is 20.2. The van der Waals surface area contributed by atoms with Crippen LogP contribution in [0.25, 0.3) is 6.08 Å². The van der Waals surface area contributed by atoms with E-state index in [2.05, 4.69) is 4.74 Å². The highest BCUT2D eigenvalue weighted by atomic mass is 19.4. The summed E-state index contributed by atoms with van der Waals surface area (Å²) in [5.74, 6) is -1.69. The van der Waals surface area contributed by atoms with E-state index in [1.807, 2.05) is 0 Å². The van der Waals surface area contributed by atoms with E-state index in [1.54, 1.807) is 24.3 Å². The molecule has 200 valence electrons. The molecule has 0 bridgehead atoms. The number of rotatable bonds is 10. The number of methoxy groups -OCH3 is 1. The molecule has 3 aromatic carbocycles. The summed E-state index contributed by atoms with van der Waals surface area (Å²) in [7, 11) is 1.36. The van der Waals surface area contributed by atoms with Crippen molar-refractivity contribution in [2.75, 3.05) is 25.2 Å². The first-order chi connectivity index (χ1) is 17.9. The first kappa shape index (κ1) is 27.9. The largest absolute Gasteiger partial charge is 0.493 e. The molecule has 38 heavy (non-hydrogen) atoms. The van der Waals surface area contributed by atoms with Crippen molar-refractivity contribution < 1.29 is 42.1 Å². The molecule has 0 unspecified atom stereocenters. The summed E-state index contributed by atoms with van der Waals surface area (Å²) in [4.78, 5) is 24.3. The Morgan fingerprint density at radius 2 is 1.61 bits per heavy atom. The normalized spacial score (nSPS) is 11.6. The Hall–Kier alpha value is -4.67. The van der Waals surface area contributed by atoms with Gasteiger partial charge in [-0.3, -0.25) is 0 Å². The average Bonchev–Trinajstić information content (AvgIpc) is 2.85. The van der Waals surface area contributed by atoms with Crippen LogP contribution >= 0.6 is 0 Å². The number of anilines is 2. The highest BCUT2D eigenvalue weighted by molar-refractivity contribution is 5.93. The molecule has 0 saturated carbocycles. The van der Waals surface area contributed by atoms with Gasteiger partial charge >= 0.3 is 18.1 Å². The Kier molecular flexibility index (Phi) is 8.85. The van der Waals surface area contributed by atoms with E-state index < -0.39 is 24.7 Å². The molecule has 0 radical (unpaired) electrons. The molecule has 3 aromatic rings. The van der Waals surface area contributed by atoms with Crippen LogP contribution in [0.4, 0.5) is 24.5 Å². The predicted octanol–water partition coefficient (Wildman–Crippen LogP) is 5.12. The lowest BCUT2D eigenvalue weighted by molar-refractivity contribution is -0.153. The number of carboxylic acids is 1. The zero-order chi connectivity index (χ0) is 27.9. The van der Waals surface area contributed by atoms with Crippen molar-refractivity contribution >= 4 is 29.4 Å². The molecule has 0 atom stereocenters. The third kappa shape index (κ3) is 8.19. The van der Waals surface area contributed by atoms with Gasteiger partial charge in [0.25, 0.3) is 0 Å². The van der Waals surface area contributed by atoms with Gasteiger partial charge in [0.2, 0.25) is 0 Å². The van der Waals surface area contributed by atoms with Crippen molar-refractivity contribution in [1.29, 1.82) is 0 Å². The van der Waals surface area contributed by atoms with Crippen molar-refractivity contribution in [1.82, 2.24) is 0 Å². The van der Waals surface area contributed by atoms with E-state index in [4.69, 9.17) is 20.9 Å². The summed E-state index contributed by atoms with van der Waals surface area (Å²) in [5.41, 5.74) is 14.1. The molecular weight excluding hydrogens is 505 g/mol. The molecule has 8 nitrogen and oxygen atoms in total. The smallest absolute Gasteiger partial charge is 0.422 e. The standard InChI is InChI=1S/C27H25F3N2O6/c1-36-24-13-16(10-19(25(33)34)4-2-17-11-20(31)14-21(32)12-17)3-9-23(24)38-26(35)18-5-7-22(8-6-18)37-15-27(28,29)30/h3,5-14H,2,4,15,31-32H2,1H3,(H,33,34)/b19-10+. The summed E-state index contributed by atoms with van der Waals surface area (Å²) < 4.78 is 52.1. The van der Waals surface area contributed by atoms with Gasteiger partial charge in [-0.25, -0.2) is 9.59 Å². The number of aliphatic carboxylic acids is 1. The van der Waals surface area contributed by atoms with Gasteiger partial charge in [-0.15, -0.1) is 0 Å². The van der Waals surface area contributed by atoms with Gasteiger partial charge in [0.1, 0.15) is 5.75 Å². The summed E-state index contributed by atoms with van der Waals surface area (Å²) >= 11 is 0. The van der Waals surface area contributed by atoms with Crippen molar-refractivity contribution in [3.63, 3.8) is 0 Å².